The second-order valence-electron chi connectivity index (χ2n) is 6.36. The zero-order chi connectivity index (χ0) is 16.9. The summed E-state index contributed by atoms with van der Waals surface area (Å²) in [6.45, 7) is 2.42. The van der Waals surface area contributed by atoms with Crippen LogP contribution >= 0.6 is 0 Å². The van der Waals surface area contributed by atoms with E-state index in [1.807, 2.05) is 18.2 Å². The molecule has 1 aliphatic heterocycles. The highest BCUT2D eigenvalue weighted by Gasteiger charge is 2.33. The topological polar surface area (TPSA) is 66.7 Å². The van der Waals surface area contributed by atoms with Gasteiger partial charge in [-0.3, -0.25) is 0 Å². The Morgan fingerprint density at radius 3 is 3.00 bits per heavy atom. The number of furan rings is 1. The van der Waals surface area contributed by atoms with Crippen LogP contribution in [-0.2, 0) is 11.3 Å². The number of anilines is 2. The van der Waals surface area contributed by atoms with Crippen molar-refractivity contribution < 1.29 is 9.15 Å². The zero-order valence-corrected chi connectivity index (χ0v) is 14.5. The molecule has 0 spiro atoms. The quantitative estimate of drug-likeness (QED) is 0.830. The van der Waals surface area contributed by atoms with Crippen molar-refractivity contribution in [3.05, 3.63) is 36.5 Å². The van der Waals surface area contributed by atoms with Crippen LogP contribution in [0.2, 0.25) is 0 Å². The number of likely N-dealkylation sites (N-methyl/N-ethyl adjacent to an activating group) is 1. The van der Waals surface area contributed by atoms with Crippen LogP contribution in [0.1, 0.15) is 12.2 Å². The third-order valence-corrected chi connectivity index (χ3v) is 4.26. The van der Waals surface area contributed by atoms with Crippen molar-refractivity contribution in [3.63, 3.8) is 0 Å². The van der Waals surface area contributed by atoms with Crippen molar-refractivity contribution in [3.8, 4) is 0 Å². The number of aromatic nitrogens is 2. The predicted molar refractivity (Wildman–Crippen MR) is 93.2 cm³/mol. The van der Waals surface area contributed by atoms with Crippen LogP contribution in [0.4, 0.5) is 11.6 Å². The lowest BCUT2D eigenvalue weighted by Gasteiger charge is -2.27. The summed E-state index contributed by atoms with van der Waals surface area (Å²) in [5.74, 6) is 2.60. The monoisotopic (exact) mass is 331 g/mol. The Balaban J connectivity index is 1.71. The number of hydrogen-bond acceptors (Lipinski definition) is 7. The number of methoxy groups -OCH3 is 1. The minimum Gasteiger partial charge on any atom is -0.467 e. The number of ether oxygens (including phenoxy) is 1. The smallest absolute Gasteiger partial charge is 0.134 e. The lowest BCUT2D eigenvalue weighted by molar-refractivity contribution is 0.117. The average Bonchev–Trinajstić information content (AvgIpc) is 3.22. The van der Waals surface area contributed by atoms with Gasteiger partial charge in [0.1, 0.15) is 23.7 Å². The first-order chi connectivity index (χ1) is 11.7. The van der Waals surface area contributed by atoms with Gasteiger partial charge in [-0.1, -0.05) is 0 Å². The van der Waals surface area contributed by atoms with Gasteiger partial charge in [0, 0.05) is 32.3 Å². The highest BCUT2D eigenvalue weighted by atomic mass is 16.5. The van der Waals surface area contributed by atoms with Gasteiger partial charge in [-0.05, 0) is 32.6 Å². The molecule has 0 amide bonds. The van der Waals surface area contributed by atoms with E-state index in [1.165, 1.54) is 0 Å². The molecule has 1 fully saturated rings. The molecule has 7 heteroatoms. The summed E-state index contributed by atoms with van der Waals surface area (Å²) >= 11 is 0. The highest BCUT2D eigenvalue weighted by Crippen LogP contribution is 2.27. The van der Waals surface area contributed by atoms with Crippen LogP contribution in [0.25, 0.3) is 0 Å². The average molecular weight is 331 g/mol. The van der Waals surface area contributed by atoms with Crippen molar-refractivity contribution in [2.24, 2.45) is 0 Å². The molecule has 2 aromatic rings. The van der Waals surface area contributed by atoms with E-state index < -0.39 is 0 Å². The van der Waals surface area contributed by atoms with E-state index >= 15 is 0 Å². The molecule has 130 valence electrons. The molecule has 2 aromatic heterocycles. The Bertz CT molecular complexity index is 632. The van der Waals surface area contributed by atoms with E-state index in [0.717, 1.165) is 36.9 Å². The van der Waals surface area contributed by atoms with E-state index in [0.29, 0.717) is 12.6 Å². The maximum Gasteiger partial charge on any atom is 0.134 e. The first-order valence-corrected chi connectivity index (χ1v) is 8.18. The van der Waals surface area contributed by atoms with Crippen LogP contribution < -0.4 is 10.2 Å². The minimum absolute atomic E-state index is 0.240. The van der Waals surface area contributed by atoms with E-state index in [9.17, 15) is 0 Å². The van der Waals surface area contributed by atoms with Gasteiger partial charge in [-0.15, -0.1) is 0 Å². The molecule has 0 saturated carbocycles. The van der Waals surface area contributed by atoms with Gasteiger partial charge < -0.3 is 24.3 Å². The third kappa shape index (κ3) is 4.04. The zero-order valence-electron chi connectivity index (χ0n) is 14.5. The van der Waals surface area contributed by atoms with Gasteiger partial charge in [-0.2, -0.15) is 0 Å². The van der Waals surface area contributed by atoms with E-state index in [1.54, 1.807) is 19.7 Å². The number of rotatable bonds is 7. The molecule has 1 N–H and O–H groups in total. The van der Waals surface area contributed by atoms with Gasteiger partial charge in [0.05, 0.1) is 18.9 Å². The first-order valence-electron chi connectivity index (χ1n) is 8.18. The summed E-state index contributed by atoms with van der Waals surface area (Å²) in [5, 5.41) is 3.28. The molecule has 0 radical (unpaired) electrons. The second-order valence-corrected chi connectivity index (χ2v) is 6.36. The lowest BCUT2D eigenvalue weighted by atomic mass is 10.2. The van der Waals surface area contributed by atoms with Gasteiger partial charge in [0.2, 0.25) is 0 Å². The molecule has 24 heavy (non-hydrogen) atoms. The van der Waals surface area contributed by atoms with Gasteiger partial charge >= 0.3 is 0 Å². The third-order valence-electron chi connectivity index (χ3n) is 4.26. The summed E-state index contributed by atoms with van der Waals surface area (Å²) in [5.41, 5.74) is 0. The van der Waals surface area contributed by atoms with Crippen LogP contribution in [0, 0.1) is 0 Å². The van der Waals surface area contributed by atoms with E-state index in [4.69, 9.17) is 9.15 Å². The van der Waals surface area contributed by atoms with Crippen LogP contribution in [0.15, 0.2) is 35.2 Å². The van der Waals surface area contributed by atoms with Crippen molar-refractivity contribution >= 4 is 11.6 Å². The molecule has 1 aliphatic rings. The van der Waals surface area contributed by atoms with E-state index in [-0.39, 0.29) is 6.10 Å². The fraction of sp³-hybridized carbons (Fsp3) is 0.529. The molecule has 0 aromatic carbocycles. The maximum atomic E-state index is 5.57. The van der Waals surface area contributed by atoms with Crippen molar-refractivity contribution in [1.29, 1.82) is 0 Å². The molecule has 0 unspecified atom stereocenters. The van der Waals surface area contributed by atoms with Gasteiger partial charge in [0.25, 0.3) is 0 Å². The van der Waals surface area contributed by atoms with Crippen LogP contribution in [-0.4, -0.2) is 61.3 Å². The van der Waals surface area contributed by atoms with Gasteiger partial charge in [0.15, 0.2) is 0 Å². The minimum atomic E-state index is 0.240. The van der Waals surface area contributed by atoms with Crippen molar-refractivity contribution in [1.82, 2.24) is 14.9 Å². The number of nitrogens with one attached hydrogen (secondary N) is 1. The molecule has 0 bridgehead atoms. The summed E-state index contributed by atoms with van der Waals surface area (Å²) < 4.78 is 10.9. The Morgan fingerprint density at radius 1 is 1.42 bits per heavy atom. The van der Waals surface area contributed by atoms with Crippen LogP contribution in [0.5, 0.6) is 0 Å². The summed E-state index contributed by atoms with van der Waals surface area (Å²) in [4.78, 5) is 13.3. The van der Waals surface area contributed by atoms with Crippen LogP contribution in [0.3, 0.4) is 0 Å². The largest absolute Gasteiger partial charge is 0.467 e. The number of nitrogens with zero attached hydrogens (tertiary/aromatic N) is 4. The van der Waals surface area contributed by atoms with E-state index in [2.05, 4.69) is 39.2 Å². The summed E-state index contributed by atoms with van der Waals surface area (Å²) in [7, 11) is 5.96. The van der Waals surface area contributed by atoms with Crippen molar-refractivity contribution in [2.45, 2.75) is 25.1 Å². The molecular weight excluding hydrogens is 306 g/mol. The Kier molecular flexibility index (Phi) is 5.32. The fourth-order valence-corrected chi connectivity index (χ4v) is 3.11. The molecule has 2 atom stereocenters. The Morgan fingerprint density at radius 2 is 2.29 bits per heavy atom. The molecule has 7 nitrogen and oxygen atoms in total. The second kappa shape index (κ2) is 7.63. The Hall–Kier alpha value is -2.12. The SMILES string of the molecule is CO[C@H]1C[C@@H](CN(C)C)N(c2cc(NCc3ccco3)ncn2)C1. The summed E-state index contributed by atoms with van der Waals surface area (Å²) in [6, 6.07) is 6.19. The number of hydrogen-bond donors (Lipinski definition) is 1. The lowest BCUT2D eigenvalue weighted by Crippen LogP contribution is -2.38. The highest BCUT2D eigenvalue weighted by molar-refractivity contribution is 5.50. The molecule has 3 rings (SSSR count). The normalized spacial score (nSPS) is 20.8. The van der Waals surface area contributed by atoms with Crippen molar-refractivity contribution in [2.75, 3.05) is 44.5 Å². The summed E-state index contributed by atoms with van der Waals surface area (Å²) in [6.07, 6.45) is 4.52. The Labute approximate surface area is 142 Å². The molecule has 3 heterocycles. The molecule has 0 aliphatic carbocycles. The molecule has 1 saturated heterocycles. The predicted octanol–water partition coefficient (Wildman–Crippen LogP) is 1.84. The fourth-order valence-electron chi connectivity index (χ4n) is 3.11. The maximum absolute atomic E-state index is 5.57. The van der Waals surface area contributed by atoms with Gasteiger partial charge in [-0.25, -0.2) is 9.97 Å². The standard InChI is InChI=1S/C17H25N5O2/c1-21(2)10-13-7-15(23-3)11-22(13)17-8-16(19-12-20-17)18-9-14-5-4-6-24-14/h4-6,8,12-13,15H,7,9-11H2,1-3H3,(H,18,19,20)/t13-,15-/m0/s1. The first kappa shape index (κ1) is 16.7. The molecular formula is C17H25N5O2.